The van der Waals surface area contributed by atoms with Crippen LogP contribution < -0.4 is 5.73 Å². The predicted molar refractivity (Wildman–Crippen MR) is 76.7 cm³/mol. The van der Waals surface area contributed by atoms with Crippen LogP contribution in [0.15, 0.2) is 22.7 Å². The normalized spacial score (nSPS) is 30.2. The van der Waals surface area contributed by atoms with Gasteiger partial charge in [0.05, 0.1) is 4.47 Å². The summed E-state index contributed by atoms with van der Waals surface area (Å²) in [7, 11) is 0. The molecule has 0 spiro atoms. The summed E-state index contributed by atoms with van der Waals surface area (Å²) in [6.07, 6.45) is 3.61. The Balaban J connectivity index is 2.11. The van der Waals surface area contributed by atoms with Crippen LogP contribution in [0, 0.1) is 23.6 Å². The molecule has 0 aliphatic heterocycles. The zero-order valence-electron chi connectivity index (χ0n) is 11.0. The maximum absolute atomic E-state index is 13.2. The molecule has 1 saturated carbocycles. The average molecular weight is 314 g/mol. The van der Waals surface area contributed by atoms with Crippen LogP contribution >= 0.6 is 15.9 Å². The van der Waals surface area contributed by atoms with Gasteiger partial charge in [0.15, 0.2) is 0 Å². The van der Waals surface area contributed by atoms with Gasteiger partial charge in [-0.15, -0.1) is 0 Å². The zero-order chi connectivity index (χ0) is 13.3. The van der Waals surface area contributed by atoms with Crippen molar-refractivity contribution in [1.82, 2.24) is 0 Å². The fourth-order valence-electron chi connectivity index (χ4n) is 2.91. The average Bonchev–Trinajstić information content (AvgIpc) is 2.35. The molecule has 1 fully saturated rings. The third kappa shape index (κ3) is 2.94. The molecule has 0 saturated heterocycles. The van der Waals surface area contributed by atoms with E-state index in [1.165, 1.54) is 25.3 Å². The molecular formula is C15H21BrFN. The summed E-state index contributed by atoms with van der Waals surface area (Å²) >= 11 is 3.23. The maximum atomic E-state index is 13.2. The molecule has 0 heterocycles. The molecule has 3 heteroatoms. The van der Waals surface area contributed by atoms with Crippen LogP contribution in [0.1, 0.15) is 44.7 Å². The first-order valence-corrected chi connectivity index (χ1v) is 7.49. The van der Waals surface area contributed by atoms with Gasteiger partial charge in [-0.25, -0.2) is 4.39 Å². The molecule has 100 valence electrons. The molecule has 0 radical (unpaired) electrons. The van der Waals surface area contributed by atoms with E-state index in [0.717, 1.165) is 17.4 Å². The van der Waals surface area contributed by atoms with Crippen molar-refractivity contribution in [1.29, 1.82) is 0 Å². The maximum Gasteiger partial charge on any atom is 0.137 e. The van der Waals surface area contributed by atoms with E-state index >= 15 is 0 Å². The highest BCUT2D eigenvalue weighted by atomic mass is 79.9. The van der Waals surface area contributed by atoms with Crippen molar-refractivity contribution in [3.05, 3.63) is 34.1 Å². The van der Waals surface area contributed by atoms with E-state index in [0.29, 0.717) is 10.4 Å². The minimum absolute atomic E-state index is 0.0249. The third-order valence-electron chi connectivity index (χ3n) is 4.48. The van der Waals surface area contributed by atoms with E-state index in [-0.39, 0.29) is 11.9 Å². The van der Waals surface area contributed by atoms with Crippen molar-refractivity contribution in [3.63, 3.8) is 0 Å². The number of hydrogen-bond donors (Lipinski definition) is 1. The number of halogens is 2. The first-order chi connectivity index (χ1) is 8.49. The van der Waals surface area contributed by atoms with Crippen LogP contribution in [-0.4, -0.2) is 0 Å². The van der Waals surface area contributed by atoms with Crippen molar-refractivity contribution in [2.75, 3.05) is 0 Å². The molecule has 1 aromatic carbocycles. The Morgan fingerprint density at radius 3 is 2.61 bits per heavy atom. The molecule has 0 bridgehead atoms. The van der Waals surface area contributed by atoms with E-state index in [4.69, 9.17) is 5.73 Å². The van der Waals surface area contributed by atoms with Gasteiger partial charge >= 0.3 is 0 Å². The molecule has 1 aliphatic rings. The molecule has 4 atom stereocenters. The number of nitrogens with two attached hydrogens (primary N) is 1. The summed E-state index contributed by atoms with van der Waals surface area (Å²) in [5.74, 6) is 1.83. The van der Waals surface area contributed by atoms with E-state index < -0.39 is 0 Å². The van der Waals surface area contributed by atoms with Gasteiger partial charge in [-0.2, -0.15) is 0 Å². The summed E-state index contributed by atoms with van der Waals surface area (Å²) in [5, 5.41) is 0. The van der Waals surface area contributed by atoms with Gasteiger partial charge < -0.3 is 5.73 Å². The lowest BCUT2D eigenvalue weighted by Gasteiger charge is -2.35. The molecule has 4 unspecified atom stereocenters. The second kappa shape index (κ2) is 5.70. The van der Waals surface area contributed by atoms with E-state index in [1.807, 2.05) is 12.1 Å². The van der Waals surface area contributed by atoms with Crippen molar-refractivity contribution < 1.29 is 4.39 Å². The van der Waals surface area contributed by atoms with Crippen molar-refractivity contribution in [3.8, 4) is 0 Å². The van der Waals surface area contributed by atoms with Crippen LogP contribution in [0.2, 0.25) is 0 Å². The number of hydrogen-bond acceptors (Lipinski definition) is 1. The summed E-state index contributed by atoms with van der Waals surface area (Å²) in [4.78, 5) is 0. The highest BCUT2D eigenvalue weighted by Crippen LogP contribution is 2.39. The van der Waals surface area contributed by atoms with Crippen LogP contribution in [0.4, 0.5) is 4.39 Å². The molecule has 2 rings (SSSR count). The van der Waals surface area contributed by atoms with E-state index in [9.17, 15) is 4.39 Å². The van der Waals surface area contributed by atoms with Gasteiger partial charge in [0.2, 0.25) is 0 Å². The van der Waals surface area contributed by atoms with Gasteiger partial charge in [-0.3, -0.25) is 0 Å². The summed E-state index contributed by atoms with van der Waals surface area (Å²) in [5.41, 5.74) is 7.39. The standard InChI is InChI=1S/C15H21BrFN/c1-9-3-4-11(7-10(9)2)15(18)12-5-6-14(17)13(16)8-12/h5-6,8-11,15H,3-4,7,18H2,1-2H3. The monoisotopic (exact) mass is 313 g/mol. The smallest absolute Gasteiger partial charge is 0.137 e. The Kier molecular flexibility index (Phi) is 4.44. The SMILES string of the molecule is CC1CCC(C(N)c2ccc(F)c(Br)c2)CC1C. The fourth-order valence-corrected chi connectivity index (χ4v) is 3.30. The van der Waals surface area contributed by atoms with Crippen molar-refractivity contribution >= 4 is 15.9 Å². The Bertz CT molecular complexity index is 421. The molecule has 2 N–H and O–H groups in total. The van der Waals surface area contributed by atoms with E-state index in [1.54, 1.807) is 0 Å². The van der Waals surface area contributed by atoms with Gasteiger partial charge in [0.1, 0.15) is 5.82 Å². The van der Waals surface area contributed by atoms with Gasteiger partial charge in [0.25, 0.3) is 0 Å². The lowest BCUT2D eigenvalue weighted by atomic mass is 9.72. The minimum atomic E-state index is -0.225. The minimum Gasteiger partial charge on any atom is -0.324 e. The summed E-state index contributed by atoms with van der Waals surface area (Å²) < 4.78 is 13.7. The van der Waals surface area contributed by atoms with Crippen molar-refractivity contribution in [2.24, 2.45) is 23.5 Å². The highest BCUT2D eigenvalue weighted by Gasteiger charge is 2.29. The number of rotatable bonds is 2. The lowest BCUT2D eigenvalue weighted by molar-refractivity contribution is 0.186. The Hall–Kier alpha value is -0.410. The molecule has 1 aliphatic carbocycles. The largest absolute Gasteiger partial charge is 0.324 e. The Morgan fingerprint density at radius 2 is 2.00 bits per heavy atom. The Labute approximate surface area is 117 Å². The molecule has 0 amide bonds. The highest BCUT2D eigenvalue weighted by molar-refractivity contribution is 9.10. The fraction of sp³-hybridized carbons (Fsp3) is 0.600. The van der Waals surface area contributed by atoms with Crippen LogP contribution in [0.3, 0.4) is 0 Å². The topological polar surface area (TPSA) is 26.0 Å². The van der Waals surface area contributed by atoms with Crippen LogP contribution in [0.5, 0.6) is 0 Å². The van der Waals surface area contributed by atoms with Gasteiger partial charge in [-0.1, -0.05) is 26.3 Å². The molecule has 1 aromatic rings. The van der Waals surface area contributed by atoms with Crippen LogP contribution in [-0.2, 0) is 0 Å². The molecule has 0 aromatic heterocycles. The number of benzene rings is 1. The third-order valence-corrected chi connectivity index (χ3v) is 5.08. The molecule has 1 nitrogen and oxygen atoms in total. The molecule has 18 heavy (non-hydrogen) atoms. The van der Waals surface area contributed by atoms with Gasteiger partial charge in [0, 0.05) is 6.04 Å². The second-order valence-electron chi connectivity index (χ2n) is 5.73. The van der Waals surface area contributed by atoms with E-state index in [2.05, 4.69) is 29.8 Å². The quantitative estimate of drug-likeness (QED) is 0.844. The first kappa shape index (κ1) is 14.0. The zero-order valence-corrected chi connectivity index (χ0v) is 12.6. The summed E-state index contributed by atoms with van der Waals surface area (Å²) in [6.45, 7) is 4.63. The predicted octanol–water partition coefficient (Wildman–Crippen LogP) is 4.66. The first-order valence-electron chi connectivity index (χ1n) is 6.69. The lowest BCUT2D eigenvalue weighted by Crippen LogP contribution is -2.29. The van der Waals surface area contributed by atoms with Gasteiger partial charge in [-0.05, 0) is 64.2 Å². The summed E-state index contributed by atoms with van der Waals surface area (Å²) in [6, 6.07) is 5.15. The Morgan fingerprint density at radius 1 is 1.28 bits per heavy atom. The second-order valence-corrected chi connectivity index (χ2v) is 6.58. The molecular weight excluding hydrogens is 293 g/mol. The van der Waals surface area contributed by atoms with Crippen molar-refractivity contribution in [2.45, 2.75) is 39.2 Å². The van der Waals surface area contributed by atoms with Crippen LogP contribution in [0.25, 0.3) is 0 Å².